The first-order valence-electron chi connectivity index (χ1n) is 17.2. The molecule has 1 aromatic heterocycles. The van der Waals surface area contributed by atoms with Crippen molar-refractivity contribution in [1.82, 2.24) is 9.55 Å². The molecule has 10 heteroatoms. The number of carbonyl (C=O) groups is 1. The van der Waals surface area contributed by atoms with Crippen LogP contribution >= 0.6 is 0 Å². The molecule has 1 aliphatic rings. The second-order valence-electron chi connectivity index (χ2n) is 15.6. The minimum atomic E-state index is -2.96. The van der Waals surface area contributed by atoms with E-state index in [-0.39, 0.29) is 28.4 Å². The maximum absolute atomic E-state index is 13.6. The monoisotopic (exact) mass is 709 g/mol. The third-order valence-electron chi connectivity index (χ3n) is 10.3. The first-order chi connectivity index (χ1) is 23.5. The van der Waals surface area contributed by atoms with E-state index in [2.05, 4.69) is 120 Å². The Bertz CT molecular complexity index is 1800. The molecule has 8 nitrogen and oxygen atoms in total. The van der Waals surface area contributed by atoms with Gasteiger partial charge in [-0.2, -0.15) is 4.98 Å². The number of benzene rings is 3. The lowest BCUT2D eigenvalue weighted by molar-refractivity contribution is -0.0915. The fourth-order valence-corrected chi connectivity index (χ4v) is 12.4. The van der Waals surface area contributed by atoms with Gasteiger partial charge in [-0.25, -0.2) is 4.79 Å². The number of anilines is 1. The second-order valence-corrected chi connectivity index (χ2v) is 24.7. The molecule has 0 aliphatic carbocycles. The Balaban J connectivity index is 1.53. The van der Waals surface area contributed by atoms with E-state index in [0.717, 1.165) is 10.4 Å². The van der Waals surface area contributed by atoms with E-state index in [0.29, 0.717) is 12.0 Å². The number of hydrogen-bond acceptors (Lipinski definition) is 6. The van der Waals surface area contributed by atoms with Crippen molar-refractivity contribution in [2.75, 3.05) is 11.9 Å². The lowest BCUT2D eigenvalue weighted by atomic mass is 9.98. The first kappa shape index (κ1) is 37.3. The van der Waals surface area contributed by atoms with E-state index in [1.54, 1.807) is 42.6 Å². The summed E-state index contributed by atoms with van der Waals surface area (Å²) in [7, 11) is -5.30. The van der Waals surface area contributed by atoms with Crippen LogP contribution < -0.4 is 21.4 Å². The summed E-state index contributed by atoms with van der Waals surface area (Å²) < 4.78 is 22.9. The van der Waals surface area contributed by atoms with Crippen LogP contribution in [0.1, 0.15) is 64.5 Å². The molecular formula is C40H51N3O5Si2. The number of amides is 1. The molecular weight excluding hydrogens is 659 g/mol. The Labute approximate surface area is 298 Å². The van der Waals surface area contributed by atoms with Crippen molar-refractivity contribution in [2.24, 2.45) is 0 Å². The topological polar surface area (TPSA) is 91.7 Å². The highest BCUT2D eigenvalue weighted by Crippen LogP contribution is 2.46. The molecule has 0 radical (unpaired) electrons. The lowest BCUT2D eigenvalue weighted by Crippen LogP contribution is -2.68. The van der Waals surface area contributed by atoms with Gasteiger partial charge in [0.15, 0.2) is 8.32 Å². The Morgan fingerprint density at radius 2 is 1.46 bits per heavy atom. The zero-order valence-corrected chi connectivity index (χ0v) is 32.6. The van der Waals surface area contributed by atoms with Crippen molar-refractivity contribution in [3.05, 3.63) is 132 Å². The van der Waals surface area contributed by atoms with E-state index < -0.39 is 40.3 Å². The molecule has 1 N–H and O–H groups in total. The predicted molar refractivity (Wildman–Crippen MR) is 206 cm³/mol. The van der Waals surface area contributed by atoms with Crippen LogP contribution in [0.3, 0.4) is 0 Å². The molecule has 264 valence electrons. The number of nitrogens with one attached hydrogen (secondary N) is 1. The van der Waals surface area contributed by atoms with Crippen molar-refractivity contribution in [2.45, 2.75) is 89.1 Å². The summed E-state index contributed by atoms with van der Waals surface area (Å²) in [6.07, 6.45) is 2.65. The van der Waals surface area contributed by atoms with Gasteiger partial charge in [-0.05, 0) is 51.7 Å². The fraction of sp³-hybridized carbons (Fsp3) is 0.375. The number of aromatic nitrogens is 2. The van der Waals surface area contributed by atoms with Gasteiger partial charge in [-0.15, -0.1) is 6.58 Å². The fourth-order valence-electron chi connectivity index (χ4n) is 6.44. The lowest BCUT2D eigenvalue weighted by Gasteiger charge is -2.46. The summed E-state index contributed by atoms with van der Waals surface area (Å²) in [4.78, 5) is 30.5. The Hall–Kier alpha value is -3.94. The molecule has 0 bridgehead atoms. The Kier molecular flexibility index (Phi) is 10.7. The number of rotatable bonds is 11. The van der Waals surface area contributed by atoms with Gasteiger partial charge in [0.05, 0.1) is 12.7 Å². The average molecular weight is 710 g/mol. The summed E-state index contributed by atoms with van der Waals surface area (Å²) in [5.74, 6) is -0.182. The van der Waals surface area contributed by atoms with Crippen molar-refractivity contribution in [3.63, 3.8) is 0 Å². The smallest absolute Gasteiger partial charge is 0.351 e. The Morgan fingerprint density at radius 1 is 0.920 bits per heavy atom. The quantitative estimate of drug-likeness (QED) is 0.130. The van der Waals surface area contributed by atoms with Gasteiger partial charge in [-0.3, -0.25) is 9.36 Å². The molecule has 1 aliphatic heterocycles. The highest BCUT2D eigenvalue weighted by Gasteiger charge is 2.56. The highest BCUT2D eigenvalue weighted by molar-refractivity contribution is 6.99. The molecule has 50 heavy (non-hydrogen) atoms. The highest BCUT2D eigenvalue weighted by atomic mass is 28.4. The molecule has 1 saturated heterocycles. The van der Waals surface area contributed by atoms with Crippen LogP contribution in [0, 0.1) is 0 Å². The molecule has 2 heterocycles. The summed E-state index contributed by atoms with van der Waals surface area (Å²) in [5, 5.41) is 4.71. The van der Waals surface area contributed by atoms with Crippen LogP contribution in [0.15, 0.2) is 121 Å². The van der Waals surface area contributed by atoms with Crippen molar-refractivity contribution in [3.8, 4) is 0 Å². The van der Waals surface area contributed by atoms with E-state index >= 15 is 0 Å². The molecule has 5 rings (SSSR count). The zero-order valence-electron chi connectivity index (χ0n) is 30.6. The molecule has 0 spiro atoms. The number of carbonyl (C=O) groups excluding carboxylic acids is 1. The number of hydrogen-bond donors (Lipinski definition) is 1. The van der Waals surface area contributed by atoms with Gasteiger partial charge in [0.25, 0.3) is 14.2 Å². The molecule has 3 aromatic carbocycles. The molecule has 0 saturated carbocycles. The number of ether oxygens (including phenoxy) is 1. The van der Waals surface area contributed by atoms with Crippen molar-refractivity contribution < 1.29 is 18.4 Å². The zero-order chi connectivity index (χ0) is 36.4. The van der Waals surface area contributed by atoms with Gasteiger partial charge < -0.3 is 18.9 Å². The minimum Gasteiger partial charge on any atom is -0.410 e. The maximum atomic E-state index is 13.6. The predicted octanol–water partition coefficient (Wildman–Crippen LogP) is 7.31. The third kappa shape index (κ3) is 7.40. The van der Waals surface area contributed by atoms with Crippen LogP contribution in [-0.2, 0) is 13.6 Å². The van der Waals surface area contributed by atoms with Gasteiger partial charge in [-0.1, -0.05) is 126 Å². The van der Waals surface area contributed by atoms with E-state index in [9.17, 15) is 9.59 Å². The maximum Gasteiger partial charge on any atom is 0.351 e. The van der Waals surface area contributed by atoms with Gasteiger partial charge in [0.2, 0.25) is 0 Å². The van der Waals surface area contributed by atoms with Gasteiger partial charge in [0, 0.05) is 18.2 Å². The summed E-state index contributed by atoms with van der Waals surface area (Å²) >= 11 is 0. The van der Waals surface area contributed by atoms with E-state index in [1.165, 1.54) is 4.57 Å². The van der Waals surface area contributed by atoms with E-state index in [1.807, 2.05) is 18.2 Å². The average Bonchev–Trinajstić information content (AvgIpc) is 3.42. The summed E-state index contributed by atoms with van der Waals surface area (Å²) in [6.45, 7) is 22.2. The second kappa shape index (κ2) is 14.4. The standard InChI is InChI=1S/C40H51N3O5Si2/c1-10-40(29-46-50(39(5,6)7,31-22-16-12-17-23-31)32-24-18-13-19-25-32)33(48-49(8,9)38(2,3)4)28-35(47-40)43-27-26-34(42-37(43)45)41-36(44)30-20-14-11-15-21-30/h10-27,33,35H,1,28-29H2,2-9H3,(H,41,42,44,45)/t33-,35+,40+/m0/s1. The van der Waals surface area contributed by atoms with Crippen LogP contribution in [0.2, 0.25) is 23.2 Å². The van der Waals surface area contributed by atoms with Crippen LogP contribution in [0.4, 0.5) is 5.82 Å². The minimum absolute atomic E-state index is 0.0755. The van der Waals surface area contributed by atoms with Crippen molar-refractivity contribution >= 4 is 38.7 Å². The van der Waals surface area contributed by atoms with Gasteiger partial charge >= 0.3 is 5.69 Å². The summed E-state index contributed by atoms with van der Waals surface area (Å²) in [5.41, 5.74) is -1.15. The molecule has 0 unspecified atom stereocenters. The molecule has 4 aromatic rings. The van der Waals surface area contributed by atoms with Crippen LogP contribution in [0.25, 0.3) is 0 Å². The normalized spacial score (nSPS) is 20.0. The largest absolute Gasteiger partial charge is 0.410 e. The van der Waals surface area contributed by atoms with Crippen LogP contribution in [0.5, 0.6) is 0 Å². The summed E-state index contributed by atoms with van der Waals surface area (Å²) in [6, 6.07) is 31.4. The van der Waals surface area contributed by atoms with Crippen LogP contribution in [-0.4, -0.2) is 50.4 Å². The molecule has 3 atom stereocenters. The SMILES string of the molecule is C=C[C@]1(CO[Si](c2ccccc2)(c2ccccc2)C(C)(C)C)O[C@@H](n2ccc(NC(=O)c3ccccc3)nc2=O)C[C@@H]1O[Si](C)(C)C(C)(C)C. The number of nitrogens with zero attached hydrogens (tertiary/aromatic N) is 2. The third-order valence-corrected chi connectivity index (χ3v) is 19.7. The molecule has 1 fully saturated rings. The van der Waals surface area contributed by atoms with Gasteiger partial charge in [0.1, 0.15) is 17.6 Å². The first-order valence-corrected chi connectivity index (χ1v) is 22.0. The van der Waals surface area contributed by atoms with E-state index in [4.69, 9.17) is 13.6 Å². The van der Waals surface area contributed by atoms with Crippen molar-refractivity contribution in [1.29, 1.82) is 0 Å². The molecule has 1 amide bonds. The Morgan fingerprint density at radius 3 is 1.94 bits per heavy atom.